The zero-order chi connectivity index (χ0) is 18.2. The number of rotatable bonds is 5. The van der Waals surface area contributed by atoms with Crippen LogP contribution in [0.3, 0.4) is 0 Å². The first-order valence-corrected chi connectivity index (χ1v) is 9.45. The van der Waals surface area contributed by atoms with Crippen LogP contribution in [0.1, 0.15) is 12.5 Å². The monoisotopic (exact) mass is 367 g/mol. The van der Waals surface area contributed by atoms with Gasteiger partial charge >= 0.3 is 5.97 Å². The second-order valence-corrected chi connectivity index (χ2v) is 8.07. The smallest absolute Gasteiger partial charge is 0.333 e. The van der Waals surface area contributed by atoms with E-state index in [1.54, 1.807) is 31.2 Å². The van der Waals surface area contributed by atoms with Crippen LogP contribution < -0.4 is 4.72 Å². The summed E-state index contributed by atoms with van der Waals surface area (Å²) in [6.07, 6.45) is -1.56. The quantitative estimate of drug-likeness (QED) is 0.615. The standard InChI is InChI=1S/C17H21NO6S/c1-10(2)17(19)24-14-9-23-15-13(8-22-16(14)15)18-25(20,21)12-6-4-11(3)5-7-12/h4-7,13-16,18H,1,8-9H2,2-3H3/t13-,14-,15-,16-/m1/s1. The van der Waals surface area contributed by atoms with E-state index in [-0.39, 0.29) is 23.7 Å². The number of fused-ring (bicyclic) bond motifs is 1. The predicted octanol–water partition coefficient (Wildman–Crippen LogP) is 0.927. The molecule has 2 aliphatic rings. The normalized spacial score (nSPS) is 28.6. The van der Waals surface area contributed by atoms with Crippen molar-refractivity contribution in [2.45, 2.75) is 43.1 Å². The summed E-state index contributed by atoms with van der Waals surface area (Å²) in [5, 5.41) is 0. The van der Waals surface area contributed by atoms with Crippen LogP contribution in [-0.4, -0.2) is 52.0 Å². The Morgan fingerprint density at radius 2 is 1.84 bits per heavy atom. The van der Waals surface area contributed by atoms with Crippen molar-refractivity contribution in [1.29, 1.82) is 0 Å². The van der Waals surface area contributed by atoms with E-state index in [4.69, 9.17) is 14.2 Å². The highest BCUT2D eigenvalue weighted by Gasteiger charge is 2.50. The molecule has 136 valence electrons. The molecule has 0 bridgehead atoms. The van der Waals surface area contributed by atoms with Gasteiger partial charge < -0.3 is 14.2 Å². The maximum atomic E-state index is 12.5. The second kappa shape index (κ2) is 6.87. The molecule has 2 fully saturated rings. The molecule has 0 saturated carbocycles. The van der Waals surface area contributed by atoms with Gasteiger partial charge in [0, 0.05) is 5.57 Å². The maximum absolute atomic E-state index is 12.5. The number of benzene rings is 1. The number of esters is 1. The second-order valence-electron chi connectivity index (χ2n) is 6.36. The lowest BCUT2D eigenvalue weighted by atomic mass is 10.1. The Bertz CT molecular complexity index is 773. The molecule has 0 spiro atoms. The third-order valence-corrected chi connectivity index (χ3v) is 5.76. The van der Waals surface area contributed by atoms with Crippen molar-refractivity contribution in [1.82, 2.24) is 4.72 Å². The molecular formula is C17H21NO6S. The van der Waals surface area contributed by atoms with Crippen molar-refractivity contribution in [2.75, 3.05) is 13.2 Å². The van der Waals surface area contributed by atoms with Crippen molar-refractivity contribution in [3.63, 3.8) is 0 Å². The van der Waals surface area contributed by atoms with Crippen LogP contribution in [0.2, 0.25) is 0 Å². The fourth-order valence-electron chi connectivity index (χ4n) is 2.89. The van der Waals surface area contributed by atoms with Gasteiger partial charge in [-0.1, -0.05) is 24.3 Å². The molecule has 7 nitrogen and oxygen atoms in total. The lowest BCUT2D eigenvalue weighted by molar-refractivity contribution is -0.148. The molecule has 0 unspecified atom stereocenters. The minimum Gasteiger partial charge on any atom is -0.454 e. The van der Waals surface area contributed by atoms with Gasteiger partial charge in [0.25, 0.3) is 0 Å². The number of hydrogen-bond donors (Lipinski definition) is 1. The molecule has 3 rings (SSSR count). The fourth-order valence-corrected chi connectivity index (χ4v) is 4.12. The molecule has 0 aromatic heterocycles. The van der Waals surface area contributed by atoms with E-state index < -0.39 is 40.3 Å². The zero-order valence-corrected chi connectivity index (χ0v) is 14.9. The highest BCUT2D eigenvalue weighted by molar-refractivity contribution is 7.89. The lowest BCUT2D eigenvalue weighted by Crippen LogP contribution is -2.44. The number of hydrogen-bond acceptors (Lipinski definition) is 6. The first-order chi connectivity index (χ1) is 11.8. The van der Waals surface area contributed by atoms with E-state index in [0.717, 1.165) is 5.56 Å². The summed E-state index contributed by atoms with van der Waals surface area (Å²) in [5.74, 6) is -0.512. The average Bonchev–Trinajstić information content (AvgIpc) is 3.11. The molecule has 2 heterocycles. The van der Waals surface area contributed by atoms with E-state index in [0.29, 0.717) is 0 Å². The van der Waals surface area contributed by atoms with Crippen LogP contribution in [0.25, 0.3) is 0 Å². The number of ether oxygens (including phenoxy) is 3. The summed E-state index contributed by atoms with van der Waals surface area (Å²) >= 11 is 0. The summed E-state index contributed by atoms with van der Waals surface area (Å²) in [7, 11) is -3.68. The van der Waals surface area contributed by atoms with Crippen LogP contribution >= 0.6 is 0 Å². The molecular weight excluding hydrogens is 346 g/mol. The average molecular weight is 367 g/mol. The molecule has 1 aromatic carbocycles. The Kier molecular flexibility index (Phi) is 4.97. The van der Waals surface area contributed by atoms with Gasteiger partial charge in [0.05, 0.1) is 24.2 Å². The number of aryl methyl sites for hydroxylation is 1. The van der Waals surface area contributed by atoms with Crippen molar-refractivity contribution in [3.8, 4) is 0 Å². The molecule has 8 heteroatoms. The largest absolute Gasteiger partial charge is 0.454 e. The van der Waals surface area contributed by atoms with E-state index in [1.807, 2.05) is 6.92 Å². The first-order valence-electron chi connectivity index (χ1n) is 7.96. The minimum atomic E-state index is -3.68. The van der Waals surface area contributed by atoms with Crippen molar-refractivity contribution >= 4 is 16.0 Å². The number of carbonyl (C=O) groups is 1. The van der Waals surface area contributed by atoms with E-state index in [2.05, 4.69) is 11.3 Å². The van der Waals surface area contributed by atoms with E-state index in [1.165, 1.54) is 0 Å². The predicted molar refractivity (Wildman–Crippen MR) is 89.5 cm³/mol. The molecule has 1 N–H and O–H groups in total. The van der Waals surface area contributed by atoms with Crippen LogP contribution in [0.4, 0.5) is 0 Å². The van der Waals surface area contributed by atoms with Gasteiger partial charge in [0.15, 0.2) is 6.10 Å². The van der Waals surface area contributed by atoms with Gasteiger partial charge in [-0.05, 0) is 26.0 Å². The third-order valence-electron chi connectivity index (χ3n) is 4.25. The molecule has 2 saturated heterocycles. The van der Waals surface area contributed by atoms with Gasteiger partial charge in [-0.2, -0.15) is 0 Å². The number of sulfonamides is 1. The molecule has 1 aromatic rings. The summed E-state index contributed by atoms with van der Waals surface area (Å²) < 4.78 is 44.2. The first kappa shape index (κ1) is 18.1. The van der Waals surface area contributed by atoms with Crippen LogP contribution in [0, 0.1) is 6.92 Å². The maximum Gasteiger partial charge on any atom is 0.333 e. The Labute approximate surface area is 147 Å². The van der Waals surface area contributed by atoms with Crippen LogP contribution in [0.5, 0.6) is 0 Å². The van der Waals surface area contributed by atoms with Crippen LogP contribution in [-0.2, 0) is 29.0 Å². The van der Waals surface area contributed by atoms with Crippen molar-refractivity contribution in [3.05, 3.63) is 42.0 Å². The minimum absolute atomic E-state index is 0.154. The van der Waals surface area contributed by atoms with E-state index >= 15 is 0 Å². The van der Waals surface area contributed by atoms with Gasteiger partial charge in [0.1, 0.15) is 12.2 Å². The van der Waals surface area contributed by atoms with Crippen LogP contribution in [0.15, 0.2) is 41.3 Å². The Hall–Kier alpha value is -1.74. The SMILES string of the molecule is C=C(C)C(=O)O[C@@H]1CO[C@H]2[C@@H]1OC[C@H]2NS(=O)(=O)c1ccc(C)cc1. The topological polar surface area (TPSA) is 90.9 Å². The summed E-state index contributed by atoms with van der Waals surface area (Å²) in [4.78, 5) is 11.9. The van der Waals surface area contributed by atoms with Crippen molar-refractivity contribution in [2.24, 2.45) is 0 Å². The molecule has 0 amide bonds. The highest BCUT2D eigenvalue weighted by atomic mass is 32.2. The summed E-state index contributed by atoms with van der Waals surface area (Å²) in [6.45, 7) is 7.30. The Balaban J connectivity index is 1.67. The highest BCUT2D eigenvalue weighted by Crippen LogP contribution is 2.30. The lowest BCUT2D eigenvalue weighted by Gasteiger charge is -2.18. The molecule has 0 aliphatic carbocycles. The molecule has 2 aliphatic heterocycles. The van der Waals surface area contributed by atoms with Gasteiger partial charge in [-0.25, -0.2) is 17.9 Å². The van der Waals surface area contributed by atoms with Gasteiger partial charge in [0.2, 0.25) is 10.0 Å². The molecule has 25 heavy (non-hydrogen) atoms. The summed E-state index contributed by atoms with van der Waals surface area (Å²) in [6, 6.07) is 6.05. The number of carbonyl (C=O) groups excluding carboxylic acids is 1. The Morgan fingerprint density at radius 1 is 1.20 bits per heavy atom. The van der Waals surface area contributed by atoms with Gasteiger partial charge in [-0.3, -0.25) is 0 Å². The van der Waals surface area contributed by atoms with Gasteiger partial charge in [-0.15, -0.1) is 0 Å². The fraction of sp³-hybridized carbons (Fsp3) is 0.471. The van der Waals surface area contributed by atoms with E-state index in [9.17, 15) is 13.2 Å². The zero-order valence-electron chi connectivity index (χ0n) is 14.1. The van der Waals surface area contributed by atoms with Crippen molar-refractivity contribution < 1.29 is 27.4 Å². The Morgan fingerprint density at radius 3 is 2.48 bits per heavy atom. The third kappa shape index (κ3) is 3.77. The molecule has 4 atom stereocenters. The summed E-state index contributed by atoms with van der Waals surface area (Å²) in [5.41, 5.74) is 1.27. The number of nitrogens with one attached hydrogen (secondary N) is 1. The molecule has 0 radical (unpaired) electrons.